The maximum atomic E-state index is 4.12. The molecule has 0 atom stereocenters. The molecule has 3 rings (SSSR count). The van der Waals surface area contributed by atoms with Gasteiger partial charge in [-0.2, -0.15) is 0 Å². The van der Waals surface area contributed by atoms with Gasteiger partial charge in [-0.05, 0) is 39.0 Å². The Balaban J connectivity index is 2.32. The predicted molar refractivity (Wildman–Crippen MR) is 78.1 cm³/mol. The molecule has 0 saturated carbocycles. The summed E-state index contributed by atoms with van der Waals surface area (Å²) >= 11 is 0. The molecular weight excluding hydrogens is 234 g/mol. The Morgan fingerprint density at radius 2 is 1.79 bits per heavy atom. The summed E-state index contributed by atoms with van der Waals surface area (Å²) in [4.78, 5) is 8.25. The minimum absolute atomic E-state index is 0.399. The lowest BCUT2D eigenvalue weighted by molar-refractivity contribution is 0.628. The summed E-state index contributed by atoms with van der Waals surface area (Å²) in [6, 6.07) is 9.20. The third kappa shape index (κ3) is 2.01. The highest BCUT2D eigenvalue weighted by atomic mass is 15.0. The first-order valence-electron chi connectivity index (χ1n) is 6.54. The molecule has 0 amide bonds. The van der Waals surface area contributed by atoms with Crippen molar-refractivity contribution in [3.8, 4) is 11.3 Å². The fourth-order valence-electron chi connectivity index (χ4n) is 2.57. The number of hydrogen-bond acceptors (Lipinski definition) is 2. The van der Waals surface area contributed by atoms with Crippen LogP contribution in [0.25, 0.3) is 22.2 Å². The fourth-order valence-corrected chi connectivity index (χ4v) is 2.57. The van der Waals surface area contributed by atoms with Gasteiger partial charge in [0.2, 0.25) is 0 Å². The third-order valence-corrected chi connectivity index (χ3v) is 3.37. The van der Waals surface area contributed by atoms with Crippen molar-refractivity contribution in [1.29, 1.82) is 0 Å². The van der Waals surface area contributed by atoms with E-state index < -0.39 is 0 Å². The van der Waals surface area contributed by atoms with Gasteiger partial charge >= 0.3 is 0 Å². The maximum Gasteiger partial charge on any atom is 0.115 e. The Morgan fingerprint density at radius 1 is 1.05 bits per heavy atom. The molecule has 0 radical (unpaired) electrons. The van der Waals surface area contributed by atoms with Crippen LogP contribution in [0.15, 0.2) is 43.0 Å². The molecule has 0 bridgehead atoms. The van der Waals surface area contributed by atoms with Gasteiger partial charge in [0.15, 0.2) is 0 Å². The second-order valence-electron chi connectivity index (χ2n) is 5.18. The van der Waals surface area contributed by atoms with Gasteiger partial charge < -0.3 is 4.57 Å². The molecule has 3 aromatic rings. The summed E-state index contributed by atoms with van der Waals surface area (Å²) in [6.07, 6.45) is 5.30. The van der Waals surface area contributed by atoms with Crippen molar-refractivity contribution in [1.82, 2.24) is 14.5 Å². The number of benzene rings is 1. The topological polar surface area (TPSA) is 30.7 Å². The highest BCUT2D eigenvalue weighted by Gasteiger charge is 2.13. The molecule has 0 aliphatic rings. The number of fused-ring (bicyclic) bond motifs is 1. The van der Waals surface area contributed by atoms with E-state index in [9.17, 15) is 0 Å². The summed E-state index contributed by atoms with van der Waals surface area (Å²) in [5.41, 5.74) is 4.78. The van der Waals surface area contributed by atoms with E-state index >= 15 is 0 Å². The van der Waals surface area contributed by atoms with Gasteiger partial charge in [0.1, 0.15) is 6.33 Å². The molecule has 2 heterocycles. The Hall–Kier alpha value is -2.16. The molecular formula is C16H17N3. The van der Waals surface area contributed by atoms with Crippen LogP contribution < -0.4 is 0 Å². The van der Waals surface area contributed by atoms with Crippen LogP contribution in [0.4, 0.5) is 0 Å². The summed E-state index contributed by atoms with van der Waals surface area (Å²) in [5.74, 6) is 0. The molecule has 0 aliphatic heterocycles. The molecule has 0 spiro atoms. The zero-order valence-corrected chi connectivity index (χ0v) is 11.5. The summed E-state index contributed by atoms with van der Waals surface area (Å²) in [7, 11) is 0. The van der Waals surface area contributed by atoms with E-state index in [4.69, 9.17) is 0 Å². The lowest BCUT2D eigenvalue weighted by Crippen LogP contribution is -2.02. The van der Waals surface area contributed by atoms with Gasteiger partial charge in [-0.3, -0.25) is 0 Å². The van der Waals surface area contributed by atoms with Gasteiger partial charge in [0.05, 0.1) is 5.69 Å². The first kappa shape index (κ1) is 11.9. The zero-order valence-electron chi connectivity index (χ0n) is 11.5. The number of hydrogen-bond donors (Lipinski definition) is 0. The Labute approximate surface area is 112 Å². The normalized spacial score (nSPS) is 11.4. The van der Waals surface area contributed by atoms with Crippen molar-refractivity contribution in [2.75, 3.05) is 0 Å². The van der Waals surface area contributed by atoms with Crippen LogP contribution in [0, 0.1) is 6.92 Å². The molecule has 0 N–H and O–H groups in total. The quantitative estimate of drug-likeness (QED) is 0.689. The van der Waals surface area contributed by atoms with Crippen molar-refractivity contribution in [2.24, 2.45) is 0 Å². The smallest absolute Gasteiger partial charge is 0.115 e. The molecule has 3 heteroatoms. The van der Waals surface area contributed by atoms with Crippen LogP contribution in [0.2, 0.25) is 0 Å². The molecule has 0 aliphatic carbocycles. The van der Waals surface area contributed by atoms with Gasteiger partial charge in [0, 0.05) is 34.9 Å². The largest absolute Gasteiger partial charge is 0.338 e. The second kappa shape index (κ2) is 4.50. The van der Waals surface area contributed by atoms with Crippen molar-refractivity contribution in [3.05, 3.63) is 48.5 Å². The number of rotatable bonds is 2. The van der Waals surface area contributed by atoms with Crippen molar-refractivity contribution >= 4 is 10.9 Å². The molecule has 0 saturated heterocycles. The molecule has 2 aromatic heterocycles. The van der Waals surface area contributed by atoms with Crippen LogP contribution in [-0.4, -0.2) is 14.5 Å². The van der Waals surface area contributed by atoms with E-state index in [0.29, 0.717) is 6.04 Å². The van der Waals surface area contributed by atoms with Crippen molar-refractivity contribution < 1.29 is 0 Å². The third-order valence-electron chi connectivity index (χ3n) is 3.37. The van der Waals surface area contributed by atoms with E-state index in [1.54, 1.807) is 6.33 Å². The van der Waals surface area contributed by atoms with E-state index in [2.05, 4.69) is 59.6 Å². The molecule has 0 unspecified atom stereocenters. The Kier molecular flexibility index (Phi) is 2.82. The molecule has 19 heavy (non-hydrogen) atoms. The lowest BCUT2D eigenvalue weighted by atomic mass is 10.1. The Morgan fingerprint density at radius 3 is 2.47 bits per heavy atom. The minimum Gasteiger partial charge on any atom is -0.338 e. The Bertz CT molecular complexity index is 711. The molecule has 3 nitrogen and oxygen atoms in total. The van der Waals surface area contributed by atoms with Crippen molar-refractivity contribution in [3.63, 3.8) is 0 Å². The molecule has 1 aromatic carbocycles. The zero-order chi connectivity index (χ0) is 13.4. The average Bonchev–Trinajstić information content (AvgIpc) is 2.78. The van der Waals surface area contributed by atoms with Gasteiger partial charge in [-0.15, -0.1) is 0 Å². The van der Waals surface area contributed by atoms with Crippen LogP contribution in [0.1, 0.15) is 25.5 Å². The second-order valence-corrected chi connectivity index (χ2v) is 5.18. The average molecular weight is 251 g/mol. The summed E-state index contributed by atoms with van der Waals surface area (Å²) < 4.78 is 2.34. The van der Waals surface area contributed by atoms with Crippen molar-refractivity contribution in [2.45, 2.75) is 26.8 Å². The van der Waals surface area contributed by atoms with Crippen LogP contribution in [0.3, 0.4) is 0 Å². The van der Waals surface area contributed by atoms with E-state index in [1.807, 2.05) is 12.4 Å². The predicted octanol–water partition coefficient (Wildman–Crippen LogP) is 3.99. The monoisotopic (exact) mass is 251 g/mol. The van der Waals surface area contributed by atoms with Gasteiger partial charge in [0.25, 0.3) is 0 Å². The maximum absolute atomic E-state index is 4.12. The van der Waals surface area contributed by atoms with Crippen LogP contribution in [0.5, 0.6) is 0 Å². The standard InChI is InChI=1S/C16H17N3/c1-11(2)19-15-5-4-12(3)6-13(15)7-16(19)14-8-17-10-18-9-14/h4-11H,1-3H3. The van der Waals surface area contributed by atoms with E-state index in [0.717, 1.165) is 5.56 Å². The number of nitrogens with zero attached hydrogens (tertiary/aromatic N) is 3. The van der Waals surface area contributed by atoms with E-state index in [1.165, 1.54) is 22.2 Å². The summed E-state index contributed by atoms with van der Waals surface area (Å²) in [6.45, 7) is 6.52. The SMILES string of the molecule is Cc1ccc2c(c1)cc(-c1cncnc1)n2C(C)C. The molecule has 0 fully saturated rings. The highest BCUT2D eigenvalue weighted by molar-refractivity contribution is 5.87. The van der Waals surface area contributed by atoms with Crippen LogP contribution in [-0.2, 0) is 0 Å². The first-order valence-corrected chi connectivity index (χ1v) is 6.54. The lowest BCUT2D eigenvalue weighted by Gasteiger charge is -2.14. The number of aromatic nitrogens is 3. The summed E-state index contributed by atoms with van der Waals surface area (Å²) in [5, 5.41) is 1.27. The van der Waals surface area contributed by atoms with E-state index in [-0.39, 0.29) is 0 Å². The number of aryl methyl sites for hydroxylation is 1. The van der Waals surface area contributed by atoms with Gasteiger partial charge in [-0.25, -0.2) is 9.97 Å². The van der Waals surface area contributed by atoms with Crippen LogP contribution >= 0.6 is 0 Å². The molecule has 96 valence electrons. The fraction of sp³-hybridized carbons (Fsp3) is 0.250. The minimum atomic E-state index is 0.399. The van der Waals surface area contributed by atoms with Gasteiger partial charge in [-0.1, -0.05) is 11.6 Å². The highest BCUT2D eigenvalue weighted by Crippen LogP contribution is 2.31. The first-order chi connectivity index (χ1) is 9.16.